The van der Waals surface area contributed by atoms with Crippen LogP contribution in [-0.2, 0) is 9.73 Å². The molecule has 2 amide bonds. The minimum Gasteiger partial charge on any atom is -0.398 e. The Balaban J connectivity index is 2.95. The third kappa shape index (κ3) is 3.54. The SMILES string of the molecule is Cc1c(N)cccc1NC(=O)N=S(C)(C)=O. The predicted molar refractivity (Wildman–Crippen MR) is 67.0 cm³/mol. The highest BCUT2D eigenvalue weighted by Gasteiger charge is 2.06. The largest absolute Gasteiger partial charge is 0.398 e. The van der Waals surface area contributed by atoms with Crippen LogP contribution in [0.4, 0.5) is 16.2 Å². The standard InChI is InChI=1S/C10H15N3O2S/c1-7-8(11)5-4-6-9(7)12-10(14)13-16(2,3)15/h4-6H,11H2,1-3H3,(H,12,14). The Labute approximate surface area is 95.2 Å². The zero-order valence-electron chi connectivity index (χ0n) is 9.48. The van der Waals surface area contributed by atoms with E-state index in [1.54, 1.807) is 25.1 Å². The number of hydrogen-bond acceptors (Lipinski definition) is 3. The number of amides is 2. The van der Waals surface area contributed by atoms with Gasteiger partial charge in [-0.3, -0.25) is 0 Å². The van der Waals surface area contributed by atoms with Crippen molar-refractivity contribution in [2.45, 2.75) is 6.92 Å². The molecule has 0 saturated heterocycles. The molecule has 3 N–H and O–H groups in total. The van der Waals surface area contributed by atoms with Crippen molar-refractivity contribution < 1.29 is 9.00 Å². The van der Waals surface area contributed by atoms with E-state index >= 15 is 0 Å². The highest BCUT2D eigenvalue weighted by atomic mass is 32.2. The molecule has 0 radical (unpaired) electrons. The lowest BCUT2D eigenvalue weighted by Gasteiger charge is -2.07. The zero-order chi connectivity index (χ0) is 12.3. The van der Waals surface area contributed by atoms with Crippen LogP contribution < -0.4 is 11.1 Å². The fourth-order valence-corrected chi connectivity index (χ4v) is 1.57. The van der Waals surface area contributed by atoms with E-state index in [-0.39, 0.29) is 0 Å². The molecule has 0 unspecified atom stereocenters. The maximum Gasteiger partial charge on any atom is 0.353 e. The summed E-state index contributed by atoms with van der Waals surface area (Å²) in [5.41, 5.74) is 7.62. The molecular weight excluding hydrogens is 226 g/mol. The molecule has 16 heavy (non-hydrogen) atoms. The van der Waals surface area contributed by atoms with E-state index in [1.165, 1.54) is 12.5 Å². The van der Waals surface area contributed by atoms with Gasteiger partial charge in [0.15, 0.2) is 0 Å². The van der Waals surface area contributed by atoms with Crippen molar-refractivity contribution >= 4 is 27.1 Å². The monoisotopic (exact) mass is 241 g/mol. The van der Waals surface area contributed by atoms with Crippen molar-refractivity contribution in [3.05, 3.63) is 23.8 Å². The summed E-state index contributed by atoms with van der Waals surface area (Å²) < 4.78 is 14.8. The van der Waals surface area contributed by atoms with Crippen LogP contribution in [0.5, 0.6) is 0 Å². The molecule has 0 bridgehead atoms. The lowest BCUT2D eigenvalue weighted by Crippen LogP contribution is -2.10. The Morgan fingerprint density at radius 3 is 2.62 bits per heavy atom. The topological polar surface area (TPSA) is 84.5 Å². The number of nitrogens with two attached hydrogens (primary N) is 1. The molecule has 0 aliphatic carbocycles. The van der Waals surface area contributed by atoms with Crippen LogP contribution in [0.3, 0.4) is 0 Å². The van der Waals surface area contributed by atoms with Crippen LogP contribution in [0.25, 0.3) is 0 Å². The normalized spacial score (nSPS) is 10.9. The summed E-state index contributed by atoms with van der Waals surface area (Å²) >= 11 is 0. The average Bonchev–Trinajstić information content (AvgIpc) is 2.09. The summed E-state index contributed by atoms with van der Waals surface area (Å²) in [6, 6.07) is 4.56. The summed E-state index contributed by atoms with van der Waals surface area (Å²) in [6.45, 7) is 1.79. The second kappa shape index (κ2) is 4.52. The van der Waals surface area contributed by atoms with E-state index in [0.29, 0.717) is 11.4 Å². The molecule has 5 nitrogen and oxygen atoms in total. The smallest absolute Gasteiger partial charge is 0.353 e. The van der Waals surface area contributed by atoms with E-state index < -0.39 is 15.8 Å². The van der Waals surface area contributed by atoms with Crippen molar-refractivity contribution in [1.82, 2.24) is 0 Å². The molecule has 88 valence electrons. The number of hydrogen-bond donors (Lipinski definition) is 2. The third-order valence-corrected chi connectivity index (χ3v) is 2.53. The second-order valence-corrected chi connectivity index (χ2v) is 6.27. The van der Waals surface area contributed by atoms with Crippen molar-refractivity contribution in [2.24, 2.45) is 4.36 Å². The highest BCUT2D eigenvalue weighted by molar-refractivity contribution is 7.92. The number of nitrogens with zero attached hydrogens (tertiary/aromatic N) is 1. The molecule has 0 aliphatic heterocycles. The van der Waals surface area contributed by atoms with Gasteiger partial charge in [0.05, 0.1) is 9.73 Å². The molecule has 0 saturated carbocycles. The van der Waals surface area contributed by atoms with Gasteiger partial charge in [-0.2, -0.15) is 0 Å². The first-order valence-electron chi connectivity index (χ1n) is 4.63. The summed E-state index contributed by atoms with van der Waals surface area (Å²) in [4.78, 5) is 11.4. The Hall–Kier alpha value is -1.56. The van der Waals surface area contributed by atoms with E-state index in [1.807, 2.05) is 0 Å². The predicted octanol–water partition coefficient (Wildman–Crippen LogP) is 1.84. The van der Waals surface area contributed by atoms with Gasteiger partial charge in [-0.05, 0) is 24.6 Å². The Morgan fingerprint density at radius 1 is 1.44 bits per heavy atom. The number of anilines is 2. The maximum atomic E-state index is 11.4. The maximum absolute atomic E-state index is 11.4. The first-order chi connectivity index (χ1) is 7.29. The first kappa shape index (κ1) is 12.5. The van der Waals surface area contributed by atoms with Gasteiger partial charge in [0, 0.05) is 23.9 Å². The van der Waals surface area contributed by atoms with Crippen LogP contribution in [0.2, 0.25) is 0 Å². The van der Waals surface area contributed by atoms with Gasteiger partial charge in [-0.15, -0.1) is 4.36 Å². The molecular formula is C10H15N3O2S. The van der Waals surface area contributed by atoms with Gasteiger partial charge in [0.25, 0.3) is 0 Å². The lowest BCUT2D eigenvalue weighted by molar-refractivity contribution is 0.260. The number of urea groups is 1. The number of rotatable bonds is 1. The molecule has 1 aromatic carbocycles. The van der Waals surface area contributed by atoms with Gasteiger partial charge in [-0.25, -0.2) is 9.00 Å². The van der Waals surface area contributed by atoms with Crippen molar-refractivity contribution in [2.75, 3.05) is 23.6 Å². The number of carbonyl (C=O) groups is 1. The summed E-state index contributed by atoms with van der Waals surface area (Å²) in [5.74, 6) is 0. The van der Waals surface area contributed by atoms with Crippen molar-refractivity contribution in [1.29, 1.82) is 0 Å². The number of benzene rings is 1. The lowest BCUT2D eigenvalue weighted by atomic mass is 10.1. The Kier molecular flexibility index (Phi) is 3.54. The highest BCUT2D eigenvalue weighted by Crippen LogP contribution is 2.20. The van der Waals surface area contributed by atoms with Crippen molar-refractivity contribution in [3.63, 3.8) is 0 Å². The van der Waals surface area contributed by atoms with Crippen LogP contribution in [0.15, 0.2) is 22.6 Å². The average molecular weight is 241 g/mol. The fourth-order valence-electron chi connectivity index (χ4n) is 1.13. The third-order valence-electron chi connectivity index (χ3n) is 1.92. The molecule has 0 heterocycles. The molecule has 0 aromatic heterocycles. The second-order valence-electron chi connectivity index (χ2n) is 3.72. The molecule has 1 rings (SSSR count). The molecule has 0 fully saturated rings. The van der Waals surface area contributed by atoms with Crippen LogP contribution in [0.1, 0.15) is 5.56 Å². The van der Waals surface area contributed by atoms with Gasteiger partial charge in [0.1, 0.15) is 0 Å². The molecule has 0 atom stereocenters. The minimum atomic E-state index is -2.43. The Bertz CT molecular complexity index is 523. The van der Waals surface area contributed by atoms with Gasteiger partial charge < -0.3 is 11.1 Å². The number of nitrogens with one attached hydrogen (secondary N) is 1. The van der Waals surface area contributed by atoms with E-state index in [2.05, 4.69) is 9.68 Å². The molecule has 6 heteroatoms. The summed E-state index contributed by atoms with van der Waals surface area (Å²) in [6.07, 6.45) is 2.80. The fraction of sp³-hybridized carbons (Fsp3) is 0.300. The van der Waals surface area contributed by atoms with Crippen LogP contribution >= 0.6 is 0 Å². The Morgan fingerprint density at radius 2 is 2.06 bits per heavy atom. The van der Waals surface area contributed by atoms with Gasteiger partial charge in [-0.1, -0.05) is 6.07 Å². The van der Waals surface area contributed by atoms with E-state index in [9.17, 15) is 9.00 Å². The minimum absolute atomic E-state index is 0.581. The first-order valence-corrected chi connectivity index (χ1v) is 6.96. The van der Waals surface area contributed by atoms with Crippen LogP contribution in [0, 0.1) is 6.92 Å². The van der Waals surface area contributed by atoms with E-state index in [4.69, 9.17) is 5.73 Å². The molecule has 0 spiro atoms. The number of nitrogen functional groups attached to an aromatic ring is 1. The summed E-state index contributed by atoms with van der Waals surface area (Å²) in [7, 11) is -2.43. The number of carbonyl (C=O) groups excluding carboxylic acids is 1. The molecule has 1 aromatic rings. The molecule has 0 aliphatic rings. The summed E-state index contributed by atoms with van der Waals surface area (Å²) in [5, 5.41) is 2.54. The van der Waals surface area contributed by atoms with Gasteiger partial charge >= 0.3 is 6.03 Å². The van der Waals surface area contributed by atoms with E-state index in [0.717, 1.165) is 5.56 Å². The zero-order valence-corrected chi connectivity index (χ0v) is 10.3. The van der Waals surface area contributed by atoms with Crippen LogP contribution in [-0.4, -0.2) is 22.8 Å². The quantitative estimate of drug-likeness (QED) is 0.736. The van der Waals surface area contributed by atoms with Gasteiger partial charge in [0.2, 0.25) is 0 Å². The van der Waals surface area contributed by atoms with Crippen molar-refractivity contribution in [3.8, 4) is 0 Å².